The fraction of sp³-hybridized carbons (Fsp3) is 0.250. The van der Waals surface area contributed by atoms with E-state index < -0.39 is 0 Å². The van der Waals surface area contributed by atoms with Gasteiger partial charge in [0.1, 0.15) is 11.5 Å². The van der Waals surface area contributed by atoms with Gasteiger partial charge in [0.05, 0.1) is 11.4 Å². The molecule has 184 valence electrons. The van der Waals surface area contributed by atoms with Crippen molar-refractivity contribution in [1.82, 2.24) is 0 Å². The Morgan fingerprint density at radius 1 is 0.639 bits per heavy atom. The minimum absolute atomic E-state index is 0.210. The molecule has 2 N–H and O–H groups in total. The molecule has 0 aromatic heterocycles. The van der Waals surface area contributed by atoms with Crippen molar-refractivity contribution in [3.63, 3.8) is 0 Å². The molecule has 0 heterocycles. The molecular formula is C32H34N2O2. The number of aliphatic imine (C=N–C) groups is 2. The second kappa shape index (κ2) is 11.2. The summed E-state index contributed by atoms with van der Waals surface area (Å²) < 4.78 is 0. The zero-order valence-electron chi connectivity index (χ0n) is 21.4. The molecule has 4 rings (SSSR count). The van der Waals surface area contributed by atoms with Crippen LogP contribution in [0.25, 0.3) is 10.8 Å². The third kappa shape index (κ3) is 6.19. The number of hydrogen-bond acceptors (Lipinski definition) is 4. The van der Waals surface area contributed by atoms with E-state index >= 15 is 0 Å². The Hall–Kier alpha value is -3.92. The SMILES string of the molecule is CC(C)Cc1ccc(O)c(C=Nc2cccc3cccc(N=Cc4cc(CC(C)C)ccc4O)c23)c1. The quantitative estimate of drug-likeness (QED) is 0.251. The molecule has 4 aromatic rings. The number of nitrogens with zero attached hydrogens (tertiary/aromatic N) is 2. The minimum Gasteiger partial charge on any atom is -0.507 e. The number of rotatable bonds is 8. The van der Waals surface area contributed by atoms with E-state index in [1.54, 1.807) is 24.6 Å². The lowest BCUT2D eigenvalue weighted by Crippen LogP contribution is -1.95. The van der Waals surface area contributed by atoms with Crippen molar-refractivity contribution in [2.24, 2.45) is 21.8 Å². The van der Waals surface area contributed by atoms with E-state index in [4.69, 9.17) is 9.98 Å². The number of aromatic hydroxyl groups is 2. The molecule has 0 atom stereocenters. The maximum atomic E-state index is 10.4. The molecule has 0 aliphatic carbocycles. The lowest BCUT2D eigenvalue weighted by atomic mass is 10.0. The summed E-state index contributed by atoms with van der Waals surface area (Å²) in [5, 5.41) is 22.7. The first-order valence-electron chi connectivity index (χ1n) is 12.5. The summed E-state index contributed by atoms with van der Waals surface area (Å²) in [7, 11) is 0. The zero-order valence-corrected chi connectivity index (χ0v) is 21.4. The zero-order chi connectivity index (χ0) is 25.7. The van der Waals surface area contributed by atoms with Crippen molar-refractivity contribution in [3.05, 3.63) is 95.1 Å². The first-order chi connectivity index (χ1) is 17.3. The van der Waals surface area contributed by atoms with Crippen LogP contribution in [-0.2, 0) is 12.8 Å². The molecule has 0 bridgehead atoms. The Morgan fingerprint density at radius 3 is 1.50 bits per heavy atom. The molecule has 0 aliphatic rings. The van der Waals surface area contributed by atoms with Crippen molar-refractivity contribution >= 4 is 34.6 Å². The number of fused-ring (bicyclic) bond motifs is 1. The van der Waals surface area contributed by atoms with Gasteiger partial charge in [-0.25, -0.2) is 0 Å². The smallest absolute Gasteiger partial charge is 0.124 e. The molecule has 0 saturated heterocycles. The Labute approximate surface area is 213 Å². The van der Waals surface area contributed by atoms with Crippen molar-refractivity contribution in [2.45, 2.75) is 40.5 Å². The number of phenolic OH excluding ortho intramolecular Hbond substituents is 2. The highest BCUT2D eigenvalue weighted by molar-refractivity contribution is 6.04. The van der Waals surface area contributed by atoms with E-state index in [9.17, 15) is 10.2 Å². The molecule has 0 fully saturated rings. The average molecular weight is 479 g/mol. The molecule has 4 nitrogen and oxygen atoms in total. The number of benzene rings is 4. The summed E-state index contributed by atoms with van der Waals surface area (Å²) in [5.74, 6) is 1.48. The van der Waals surface area contributed by atoms with Crippen LogP contribution in [0.2, 0.25) is 0 Å². The van der Waals surface area contributed by atoms with Crippen LogP contribution in [0.1, 0.15) is 49.9 Å². The van der Waals surface area contributed by atoms with Gasteiger partial charge < -0.3 is 10.2 Å². The first kappa shape index (κ1) is 25.2. The van der Waals surface area contributed by atoms with Crippen molar-refractivity contribution in [3.8, 4) is 11.5 Å². The van der Waals surface area contributed by atoms with Crippen molar-refractivity contribution in [2.75, 3.05) is 0 Å². The summed E-state index contributed by atoms with van der Waals surface area (Å²) in [4.78, 5) is 9.51. The highest BCUT2D eigenvalue weighted by Gasteiger charge is 2.08. The third-order valence-electron chi connectivity index (χ3n) is 6.02. The van der Waals surface area contributed by atoms with Crippen LogP contribution >= 0.6 is 0 Å². The molecule has 0 radical (unpaired) electrons. The molecule has 0 amide bonds. The first-order valence-corrected chi connectivity index (χ1v) is 12.5. The largest absolute Gasteiger partial charge is 0.507 e. The van der Waals surface area contributed by atoms with Crippen LogP contribution in [0.15, 0.2) is 82.8 Å². The van der Waals surface area contributed by atoms with Gasteiger partial charge in [-0.3, -0.25) is 9.98 Å². The molecule has 4 heteroatoms. The third-order valence-corrected chi connectivity index (χ3v) is 6.02. The summed E-state index contributed by atoms with van der Waals surface area (Å²) in [6, 6.07) is 23.3. The van der Waals surface area contributed by atoms with Gasteiger partial charge in [0, 0.05) is 28.9 Å². The second-order valence-electron chi connectivity index (χ2n) is 10.2. The molecule has 0 spiro atoms. The molecule has 36 heavy (non-hydrogen) atoms. The Morgan fingerprint density at radius 2 is 1.08 bits per heavy atom. The Bertz CT molecular complexity index is 1310. The van der Waals surface area contributed by atoms with Crippen LogP contribution in [0.4, 0.5) is 11.4 Å². The maximum absolute atomic E-state index is 10.4. The Balaban J connectivity index is 1.71. The molecule has 0 saturated carbocycles. The number of phenols is 2. The average Bonchev–Trinajstić information content (AvgIpc) is 2.84. The summed E-state index contributed by atoms with van der Waals surface area (Å²) in [6.45, 7) is 8.72. The van der Waals surface area contributed by atoms with Gasteiger partial charge in [0.25, 0.3) is 0 Å². The second-order valence-corrected chi connectivity index (χ2v) is 10.2. The lowest BCUT2D eigenvalue weighted by Gasteiger charge is -2.09. The molecule has 0 unspecified atom stereocenters. The van der Waals surface area contributed by atoms with Crippen molar-refractivity contribution < 1.29 is 10.2 Å². The summed E-state index contributed by atoms with van der Waals surface area (Å²) in [6.07, 6.45) is 5.32. The minimum atomic E-state index is 0.210. The van der Waals surface area contributed by atoms with E-state index in [1.165, 1.54) is 11.1 Å². The van der Waals surface area contributed by atoms with Crippen LogP contribution in [0.5, 0.6) is 11.5 Å². The van der Waals surface area contributed by atoms with Gasteiger partial charge in [-0.2, -0.15) is 0 Å². The van der Waals surface area contributed by atoms with Gasteiger partial charge in [-0.1, -0.05) is 64.1 Å². The molecule has 0 aliphatic heterocycles. The van der Waals surface area contributed by atoms with Crippen LogP contribution in [-0.4, -0.2) is 22.6 Å². The van der Waals surface area contributed by atoms with Gasteiger partial charge in [-0.05, 0) is 77.6 Å². The molecule has 4 aromatic carbocycles. The summed E-state index contributed by atoms with van der Waals surface area (Å²) in [5.41, 5.74) is 5.27. The highest BCUT2D eigenvalue weighted by Crippen LogP contribution is 2.35. The lowest BCUT2D eigenvalue weighted by molar-refractivity contribution is 0.473. The van der Waals surface area contributed by atoms with Gasteiger partial charge in [0.15, 0.2) is 0 Å². The number of hydrogen-bond donors (Lipinski definition) is 2. The van der Waals surface area contributed by atoms with Crippen LogP contribution in [0, 0.1) is 11.8 Å². The van der Waals surface area contributed by atoms with Crippen LogP contribution in [0.3, 0.4) is 0 Å². The van der Waals surface area contributed by atoms with Gasteiger partial charge in [-0.15, -0.1) is 0 Å². The maximum Gasteiger partial charge on any atom is 0.124 e. The van der Waals surface area contributed by atoms with E-state index in [-0.39, 0.29) is 11.5 Å². The van der Waals surface area contributed by atoms with Gasteiger partial charge >= 0.3 is 0 Å². The van der Waals surface area contributed by atoms with Crippen LogP contribution < -0.4 is 0 Å². The topological polar surface area (TPSA) is 65.2 Å². The predicted octanol–water partition coefficient (Wildman–Crippen LogP) is 8.15. The van der Waals surface area contributed by atoms with E-state index in [1.807, 2.05) is 60.7 Å². The fourth-order valence-corrected chi connectivity index (χ4v) is 4.41. The normalized spacial score (nSPS) is 12.1. The van der Waals surface area contributed by atoms with Crippen molar-refractivity contribution in [1.29, 1.82) is 0 Å². The predicted molar refractivity (Wildman–Crippen MR) is 152 cm³/mol. The fourth-order valence-electron chi connectivity index (χ4n) is 4.41. The monoisotopic (exact) mass is 478 g/mol. The summed E-state index contributed by atoms with van der Waals surface area (Å²) >= 11 is 0. The standard InChI is InChI=1S/C32H34N2O2/c1-21(2)15-23-11-13-30(35)26(17-23)19-33-28-9-5-7-25-8-6-10-29(32(25)28)34-20-27-18-24(16-22(3)4)12-14-31(27)36/h5-14,17-22,35-36H,15-16H2,1-4H3. The van der Waals surface area contributed by atoms with E-state index in [0.29, 0.717) is 23.0 Å². The highest BCUT2D eigenvalue weighted by atomic mass is 16.3. The van der Waals surface area contributed by atoms with Gasteiger partial charge in [0.2, 0.25) is 0 Å². The Kier molecular flexibility index (Phi) is 7.84. The van der Waals surface area contributed by atoms with E-state index in [0.717, 1.165) is 35.0 Å². The van der Waals surface area contributed by atoms with E-state index in [2.05, 4.69) is 27.7 Å². The molecular weight excluding hydrogens is 444 g/mol.